The fraction of sp³-hybridized carbons (Fsp3) is 0.588. The Morgan fingerprint density at radius 1 is 1.19 bits per heavy atom. The summed E-state index contributed by atoms with van der Waals surface area (Å²) in [5, 5.41) is 0. The van der Waals surface area contributed by atoms with Crippen molar-refractivity contribution < 1.29 is 14.3 Å². The Kier molecular flexibility index (Phi) is 4.88. The molecule has 1 atom stereocenters. The molecule has 1 aromatic rings. The molecule has 0 bridgehead atoms. The molecular weight excluding hydrogens is 266 g/mol. The molecule has 116 valence electrons. The summed E-state index contributed by atoms with van der Waals surface area (Å²) in [4.78, 5) is 15.3. The second-order valence-corrected chi connectivity index (χ2v) is 5.72. The van der Waals surface area contributed by atoms with E-state index in [0.717, 1.165) is 19.5 Å². The van der Waals surface area contributed by atoms with Crippen LogP contribution in [-0.2, 0) is 0 Å². The fourth-order valence-electron chi connectivity index (χ4n) is 3.03. The zero-order valence-electron chi connectivity index (χ0n) is 13.4. The number of carbonyl (C=O) groups excluding carboxylic acids is 1. The van der Waals surface area contributed by atoms with Gasteiger partial charge in [-0.05, 0) is 57.5 Å². The molecule has 0 saturated carbocycles. The van der Waals surface area contributed by atoms with Crippen molar-refractivity contribution in [2.45, 2.75) is 38.6 Å². The van der Waals surface area contributed by atoms with Crippen LogP contribution >= 0.6 is 0 Å². The van der Waals surface area contributed by atoms with Gasteiger partial charge in [-0.1, -0.05) is 6.92 Å². The average Bonchev–Trinajstić information content (AvgIpc) is 3.07. The van der Waals surface area contributed by atoms with Gasteiger partial charge in [-0.15, -0.1) is 0 Å². The number of likely N-dealkylation sites (tertiary alicyclic amines) is 1. The van der Waals surface area contributed by atoms with Gasteiger partial charge in [0.2, 0.25) is 0 Å². The molecule has 0 aliphatic carbocycles. The number of benzene rings is 1. The van der Waals surface area contributed by atoms with Crippen molar-refractivity contribution in [1.82, 2.24) is 4.90 Å². The minimum absolute atomic E-state index is 0.160. The van der Waals surface area contributed by atoms with Crippen LogP contribution in [0.25, 0.3) is 0 Å². The summed E-state index contributed by atoms with van der Waals surface area (Å²) in [5.41, 5.74) is 0.250. The van der Waals surface area contributed by atoms with Crippen LogP contribution in [0.5, 0.6) is 11.5 Å². The second kappa shape index (κ2) is 6.48. The predicted octanol–water partition coefficient (Wildman–Crippen LogP) is 3.15. The molecular formula is C17H25NO3. The highest BCUT2D eigenvalue weighted by Crippen LogP contribution is 2.32. The van der Waals surface area contributed by atoms with Gasteiger partial charge >= 0.3 is 0 Å². The lowest BCUT2D eigenvalue weighted by molar-refractivity contribution is 0.0647. The molecule has 1 fully saturated rings. The number of nitrogens with zero attached hydrogens (tertiary/aromatic N) is 1. The van der Waals surface area contributed by atoms with Crippen LogP contribution in [0.3, 0.4) is 0 Å². The SMILES string of the molecule is CCC(C)(C(=O)c1ccc(OC)c(OC)c1)N1CCCC1. The standard InChI is InChI=1S/C17H25NO3/c1-5-17(2,18-10-6-7-11-18)16(19)13-8-9-14(20-3)15(12-13)21-4/h8-9,12H,5-7,10-11H2,1-4H3. The molecule has 0 amide bonds. The molecule has 1 saturated heterocycles. The number of ether oxygens (including phenoxy) is 2. The molecule has 0 aromatic heterocycles. The smallest absolute Gasteiger partial charge is 0.182 e. The molecule has 0 spiro atoms. The molecule has 1 aliphatic rings. The van der Waals surface area contributed by atoms with E-state index in [4.69, 9.17) is 9.47 Å². The van der Waals surface area contributed by atoms with Crippen LogP contribution in [0.15, 0.2) is 18.2 Å². The van der Waals surface area contributed by atoms with E-state index in [0.29, 0.717) is 17.1 Å². The van der Waals surface area contributed by atoms with Crippen molar-refractivity contribution >= 4 is 5.78 Å². The maximum Gasteiger partial charge on any atom is 0.182 e. The Bertz CT molecular complexity index is 509. The Hall–Kier alpha value is -1.55. The van der Waals surface area contributed by atoms with Crippen molar-refractivity contribution in [1.29, 1.82) is 0 Å². The van der Waals surface area contributed by atoms with Gasteiger partial charge < -0.3 is 9.47 Å². The normalized spacial score (nSPS) is 18.3. The monoisotopic (exact) mass is 291 g/mol. The molecule has 4 nitrogen and oxygen atoms in total. The van der Waals surface area contributed by atoms with Crippen LogP contribution in [-0.4, -0.2) is 43.5 Å². The zero-order chi connectivity index (χ0) is 15.5. The van der Waals surface area contributed by atoms with E-state index in [2.05, 4.69) is 18.7 Å². The van der Waals surface area contributed by atoms with Crippen molar-refractivity contribution in [2.75, 3.05) is 27.3 Å². The number of carbonyl (C=O) groups is 1. The predicted molar refractivity (Wildman–Crippen MR) is 83.4 cm³/mol. The van der Waals surface area contributed by atoms with E-state index >= 15 is 0 Å². The lowest BCUT2D eigenvalue weighted by Gasteiger charge is -2.36. The lowest BCUT2D eigenvalue weighted by Crippen LogP contribution is -2.50. The summed E-state index contributed by atoms with van der Waals surface area (Å²) in [6.07, 6.45) is 3.16. The Morgan fingerprint density at radius 3 is 2.33 bits per heavy atom. The molecule has 1 aromatic carbocycles. The number of rotatable bonds is 6. The van der Waals surface area contributed by atoms with E-state index in [1.807, 2.05) is 6.07 Å². The van der Waals surface area contributed by atoms with Crippen LogP contribution in [0, 0.1) is 0 Å². The number of hydrogen-bond acceptors (Lipinski definition) is 4. The van der Waals surface area contributed by atoms with E-state index in [9.17, 15) is 4.79 Å². The first-order chi connectivity index (χ1) is 10.1. The molecule has 0 radical (unpaired) electrons. The topological polar surface area (TPSA) is 38.8 Å². The highest BCUT2D eigenvalue weighted by molar-refractivity contribution is 6.03. The summed E-state index contributed by atoms with van der Waals surface area (Å²) < 4.78 is 10.5. The Morgan fingerprint density at radius 2 is 1.81 bits per heavy atom. The van der Waals surface area contributed by atoms with Gasteiger partial charge in [0.05, 0.1) is 19.8 Å². The van der Waals surface area contributed by atoms with E-state index in [1.54, 1.807) is 26.4 Å². The average molecular weight is 291 g/mol. The van der Waals surface area contributed by atoms with Crippen LogP contribution < -0.4 is 9.47 Å². The van der Waals surface area contributed by atoms with E-state index < -0.39 is 5.54 Å². The van der Waals surface area contributed by atoms with Crippen molar-refractivity contribution in [3.63, 3.8) is 0 Å². The van der Waals surface area contributed by atoms with Crippen LogP contribution in [0.1, 0.15) is 43.5 Å². The first kappa shape index (κ1) is 15.8. The molecule has 1 heterocycles. The van der Waals surface area contributed by atoms with Crippen molar-refractivity contribution in [3.05, 3.63) is 23.8 Å². The van der Waals surface area contributed by atoms with Crippen molar-refractivity contribution in [3.8, 4) is 11.5 Å². The second-order valence-electron chi connectivity index (χ2n) is 5.72. The molecule has 4 heteroatoms. The molecule has 1 aliphatic heterocycles. The highest BCUT2D eigenvalue weighted by atomic mass is 16.5. The van der Waals surface area contributed by atoms with Gasteiger partial charge in [0.25, 0.3) is 0 Å². The zero-order valence-corrected chi connectivity index (χ0v) is 13.4. The third-order valence-corrected chi connectivity index (χ3v) is 4.63. The van der Waals surface area contributed by atoms with Crippen LogP contribution in [0.4, 0.5) is 0 Å². The van der Waals surface area contributed by atoms with Gasteiger partial charge in [-0.2, -0.15) is 0 Å². The van der Waals surface area contributed by atoms with Gasteiger partial charge in [-0.25, -0.2) is 0 Å². The molecule has 2 rings (SSSR count). The van der Waals surface area contributed by atoms with Crippen LogP contribution in [0.2, 0.25) is 0 Å². The van der Waals surface area contributed by atoms with E-state index in [1.165, 1.54) is 12.8 Å². The van der Waals surface area contributed by atoms with Crippen molar-refractivity contribution in [2.24, 2.45) is 0 Å². The largest absolute Gasteiger partial charge is 0.493 e. The van der Waals surface area contributed by atoms with Gasteiger partial charge in [-0.3, -0.25) is 9.69 Å². The number of hydrogen-bond donors (Lipinski definition) is 0. The number of Topliss-reactive ketones (excluding diaryl/α,β-unsaturated/α-hetero) is 1. The molecule has 0 N–H and O–H groups in total. The summed E-state index contributed by atoms with van der Waals surface area (Å²) in [5.74, 6) is 1.41. The summed E-state index contributed by atoms with van der Waals surface area (Å²) in [6, 6.07) is 5.41. The highest BCUT2D eigenvalue weighted by Gasteiger charge is 2.39. The molecule has 1 unspecified atom stereocenters. The maximum atomic E-state index is 13.0. The van der Waals surface area contributed by atoms with Gasteiger partial charge in [0.15, 0.2) is 17.3 Å². The van der Waals surface area contributed by atoms with E-state index in [-0.39, 0.29) is 5.78 Å². The van der Waals surface area contributed by atoms with Gasteiger partial charge in [0.1, 0.15) is 0 Å². The summed E-state index contributed by atoms with van der Waals surface area (Å²) >= 11 is 0. The Balaban J connectivity index is 2.33. The molecule has 21 heavy (non-hydrogen) atoms. The summed E-state index contributed by atoms with van der Waals surface area (Å²) in [6.45, 7) is 6.14. The summed E-state index contributed by atoms with van der Waals surface area (Å²) in [7, 11) is 3.19. The first-order valence-corrected chi connectivity index (χ1v) is 7.58. The minimum Gasteiger partial charge on any atom is -0.493 e. The quantitative estimate of drug-likeness (QED) is 0.755. The third kappa shape index (κ3) is 2.91. The third-order valence-electron chi connectivity index (χ3n) is 4.63. The fourth-order valence-corrected chi connectivity index (χ4v) is 3.03. The minimum atomic E-state index is -0.434. The van der Waals surface area contributed by atoms with Gasteiger partial charge in [0, 0.05) is 5.56 Å². The number of methoxy groups -OCH3 is 2. The lowest BCUT2D eigenvalue weighted by atomic mass is 9.87. The Labute approximate surface area is 127 Å². The number of ketones is 1. The first-order valence-electron chi connectivity index (χ1n) is 7.58. The maximum absolute atomic E-state index is 13.0.